The SMILES string of the molecule is CNC(=O)[C@@H]1Cc2ccccc2CN1S(=O)(=O)c1ccc(NC(C)=O)cc1. The summed E-state index contributed by atoms with van der Waals surface area (Å²) in [6, 6.07) is 12.6. The molecule has 1 atom stereocenters. The van der Waals surface area contributed by atoms with Crippen molar-refractivity contribution >= 4 is 27.5 Å². The number of nitrogens with one attached hydrogen (secondary N) is 2. The number of sulfonamides is 1. The van der Waals surface area contributed by atoms with Crippen LogP contribution in [0.3, 0.4) is 0 Å². The maximum absolute atomic E-state index is 13.2. The number of carbonyl (C=O) groups excluding carboxylic acids is 2. The molecular weight excluding hydrogens is 366 g/mol. The molecule has 2 aromatic rings. The molecule has 0 spiro atoms. The first-order valence-electron chi connectivity index (χ1n) is 8.51. The lowest BCUT2D eigenvalue weighted by atomic mass is 9.95. The van der Waals surface area contributed by atoms with Crippen molar-refractivity contribution in [3.8, 4) is 0 Å². The van der Waals surface area contributed by atoms with Crippen molar-refractivity contribution in [1.29, 1.82) is 0 Å². The Morgan fingerprint density at radius 1 is 1.04 bits per heavy atom. The molecule has 2 N–H and O–H groups in total. The summed E-state index contributed by atoms with van der Waals surface area (Å²) < 4.78 is 27.7. The van der Waals surface area contributed by atoms with Gasteiger partial charge in [-0.05, 0) is 41.8 Å². The van der Waals surface area contributed by atoms with Crippen LogP contribution in [0.1, 0.15) is 18.1 Å². The van der Waals surface area contributed by atoms with Crippen LogP contribution in [0.5, 0.6) is 0 Å². The first kappa shape index (κ1) is 19.1. The second kappa shape index (κ2) is 7.50. The second-order valence-electron chi connectivity index (χ2n) is 6.36. The van der Waals surface area contributed by atoms with Crippen LogP contribution >= 0.6 is 0 Å². The van der Waals surface area contributed by atoms with Crippen LogP contribution in [-0.2, 0) is 32.6 Å². The number of carbonyl (C=O) groups is 2. The number of rotatable bonds is 4. The van der Waals surface area contributed by atoms with Crippen molar-refractivity contribution < 1.29 is 18.0 Å². The van der Waals surface area contributed by atoms with Crippen LogP contribution in [-0.4, -0.2) is 37.6 Å². The largest absolute Gasteiger partial charge is 0.358 e. The van der Waals surface area contributed by atoms with Crippen LogP contribution < -0.4 is 10.6 Å². The van der Waals surface area contributed by atoms with E-state index in [2.05, 4.69) is 10.6 Å². The molecule has 27 heavy (non-hydrogen) atoms. The summed E-state index contributed by atoms with van der Waals surface area (Å²) in [5.41, 5.74) is 2.36. The molecule has 0 aliphatic carbocycles. The molecule has 8 heteroatoms. The van der Waals surface area contributed by atoms with Gasteiger partial charge in [0.25, 0.3) is 0 Å². The molecule has 1 aliphatic heterocycles. The third kappa shape index (κ3) is 3.86. The number of likely N-dealkylation sites (N-methyl/N-ethyl adjacent to an activating group) is 1. The Morgan fingerprint density at radius 3 is 2.26 bits per heavy atom. The first-order chi connectivity index (χ1) is 12.8. The van der Waals surface area contributed by atoms with Gasteiger partial charge >= 0.3 is 0 Å². The number of hydrogen-bond donors (Lipinski definition) is 2. The Balaban J connectivity index is 1.97. The van der Waals surface area contributed by atoms with Crippen LogP contribution in [0.4, 0.5) is 5.69 Å². The van der Waals surface area contributed by atoms with Crippen LogP contribution in [0.25, 0.3) is 0 Å². The highest BCUT2D eigenvalue weighted by molar-refractivity contribution is 7.89. The fourth-order valence-corrected chi connectivity index (χ4v) is 4.76. The van der Waals surface area contributed by atoms with Gasteiger partial charge in [-0.1, -0.05) is 24.3 Å². The summed E-state index contributed by atoms with van der Waals surface area (Å²) in [5, 5.41) is 5.16. The molecule has 0 radical (unpaired) electrons. The maximum Gasteiger partial charge on any atom is 0.244 e. The topological polar surface area (TPSA) is 95.6 Å². The van der Waals surface area contributed by atoms with Crippen LogP contribution in [0.2, 0.25) is 0 Å². The van der Waals surface area contributed by atoms with E-state index in [9.17, 15) is 18.0 Å². The van der Waals surface area contributed by atoms with Gasteiger partial charge in [0.1, 0.15) is 6.04 Å². The van der Waals surface area contributed by atoms with Crippen molar-refractivity contribution in [3.05, 3.63) is 59.7 Å². The van der Waals surface area contributed by atoms with Crippen molar-refractivity contribution in [1.82, 2.24) is 9.62 Å². The monoisotopic (exact) mass is 387 g/mol. The lowest BCUT2D eigenvalue weighted by molar-refractivity contribution is -0.124. The Morgan fingerprint density at radius 2 is 1.67 bits per heavy atom. The number of fused-ring (bicyclic) bond motifs is 1. The highest BCUT2D eigenvalue weighted by Gasteiger charge is 2.39. The van der Waals surface area contributed by atoms with Gasteiger partial charge < -0.3 is 10.6 Å². The van der Waals surface area contributed by atoms with E-state index in [1.54, 1.807) is 0 Å². The second-order valence-corrected chi connectivity index (χ2v) is 8.25. The van der Waals surface area contributed by atoms with Gasteiger partial charge in [-0.3, -0.25) is 9.59 Å². The minimum Gasteiger partial charge on any atom is -0.358 e. The minimum absolute atomic E-state index is 0.0740. The number of nitrogens with zero attached hydrogens (tertiary/aromatic N) is 1. The van der Waals surface area contributed by atoms with Gasteiger partial charge in [0.05, 0.1) is 4.90 Å². The van der Waals surface area contributed by atoms with Gasteiger partial charge in [0, 0.05) is 26.2 Å². The van der Waals surface area contributed by atoms with Gasteiger partial charge in [-0.15, -0.1) is 0 Å². The predicted molar refractivity (Wildman–Crippen MR) is 101 cm³/mol. The predicted octanol–water partition coefficient (Wildman–Crippen LogP) is 1.51. The van der Waals surface area contributed by atoms with Gasteiger partial charge in [-0.2, -0.15) is 4.31 Å². The summed E-state index contributed by atoms with van der Waals surface area (Å²) in [7, 11) is -2.40. The average molecular weight is 387 g/mol. The lowest BCUT2D eigenvalue weighted by Gasteiger charge is -2.34. The number of benzene rings is 2. The summed E-state index contributed by atoms with van der Waals surface area (Å²) in [5.74, 6) is -0.583. The fourth-order valence-electron chi connectivity index (χ4n) is 3.19. The molecule has 0 saturated carbocycles. The quantitative estimate of drug-likeness (QED) is 0.831. The number of anilines is 1. The molecule has 0 fully saturated rings. The van der Waals surface area contributed by atoms with E-state index in [1.165, 1.54) is 42.5 Å². The molecule has 0 unspecified atom stereocenters. The molecule has 2 amide bonds. The third-order valence-electron chi connectivity index (χ3n) is 4.54. The molecule has 2 aromatic carbocycles. The van der Waals surface area contributed by atoms with Crippen molar-refractivity contribution in [3.63, 3.8) is 0 Å². The summed E-state index contributed by atoms with van der Waals surface area (Å²) in [4.78, 5) is 23.6. The summed E-state index contributed by atoms with van der Waals surface area (Å²) in [6.07, 6.45) is 0.319. The summed E-state index contributed by atoms with van der Waals surface area (Å²) >= 11 is 0. The normalized spacial score (nSPS) is 17.0. The maximum atomic E-state index is 13.2. The highest BCUT2D eigenvalue weighted by Crippen LogP contribution is 2.29. The van der Waals surface area contributed by atoms with E-state index in [1.807, 2.05) is 24.3 Å². The van der Waals surface area contributed by atoms with E-state index in [4.69, 9.17) is 0 Å². The average Bonchev–Trinajstić information content (AvgIpc) is 2.66. The Kier molecular flexibility index (Phi) is 5.29. The fraction of sp³-hybridized carbons (Fsp3) is 0.263. The Hall–Kier alpha value is -2.71. The minimum atomic E-state index is -3.89. The van der Waals surface area contributed by atoms with Crippen LogP contribution in [0.15, 0.2) is 53.4 Å². The molecule has 0 saturated heterocycles. The van der Waals surface area contributed by atoms with Gasteiger partial charge in [0.15, 0.2) is 0 Å². The van der Waals surface area contributed by atoms with E-state index in [0.29, 0.717) is 12.1 Å². The van der Waals surface area contributed by atoms with Crippen molar-refractivity contribution in [2.24, 2.45) is 0 Å². The molecule has 142 valence electrons. The van der Waals surface area contributed by atoms with Crippen molar-refractivity contribution in [2.45, 2.75) is 30.8 Å². The highest BCUT2D eigenvalue weighted by atomic mass is 32.2. The molecule has 7 nitrogen and oxygen atoms in total. The zero-order chi connectivity index (χ0) is 19.6. The van der Waals surface area contributed by atoms with E-state index < -0.39 is 16.1 Å². The first-order valence-corrected chi connectivity index (χ1v) is 9.95. The number of hydrogen-bond acceptors (Lipinski definition) is 4. The Bertz CT molecular complexity index is 971. The molecule has 1 heterocycles. The van der Waals surface area contributed by atoms with E-state index in [0.717, 1.165) is 11.1 Å². The van der Waals surface area contributed by atoms with Gasteiger partial charge in [0.2, 0.25) is 21.8 Å². The van der Waals surface area contributed by atoms with Crippen molar-refractivity contribution in [2.75, 3.05) is 12.4 Å². The number of amides is 2. The van der Waals surface area contributed by atoms with E-state index in [-0.39, 0.29) is 23.3 Å². The zero-order valence-electron chi connectivity index (χ0n) is 15.1. The molecule has 1 aliphatic rings. The summed E-state index contributed by atoms with van der Waals surface area (Å²) in [6.45, 7) is 1.51. The smallest absolute Gasteiger partial charge is 0.244 e. The standard InChI is InChI=1S/C19H21N3O4S/c1-13(23)21-16-7-9-17(10-8-16)27(25,26)22-12-15-6-4-3-5-14(15)11-18(22)19(24)20-2/h3-10,18H,11-12H2,1-2H3,(H,20,24)(H,21,23)/t18-/m0/s1. The molecule has 0 aromatic heterocycles. The molecular formula is C19H21N3O4S. The molecule has 3 rings (SSSR count). The Labute approximate surface area is 158 Å². The van der Waals surface area contributed by atoms with Crippen LogP contribution in [0, 0.1) is 0 Å². The lowest BCUT2D eigenvalue weighted by Crippen LogP contribution is -2.51. The van der Waals surface area contributed by atoms with E-state index >= 15 is 0 Å². The zero-order valence-corrected chi connectivity index (χ0v) is 15.9. The third-order valence-corrected chi connectivity index (χ3v) is 6.40. The molecule has 0 bridgehead atoms. The van der Waals surface area contributed by atoms with Gasteiger partial charge in [-0.25, -0.2) is 8.42 Å².